The largest absolute Gasteiger partial charge is 0.466 e. The second kappa shape index (κ2) is 68.6. The maximum Gasteiger partial charge on any atom is 0.305 e. The number of amides is 1. The number of allylic oxidation sites excluding steroid dienone is 6. The molecule has 1 amide bonds. The lowest BCUT2D eigenvalue weighted by Crippen LogP contribution is -2.45. The molecule has 0 aromatic heterocycles. The highest BCUT2D eigenvalue weighted by molar-refractivity contribution is 5.76. The molecule has 2 unspecified atom stereocenters. The standard InChI is InChI=1S/C73H139NO5/c1-3-5-7-9-11-13-15-16-17-18-19-20-30-33-36-39-42-46-49-53-57-61-65-71(76)70(69-75)74-72(77)66-62-58-54-50-47-43-40-37-34-31-28-26-24-22-21-23-25-27-29-32-35-38-41-44-48-52-56-60-64-68-79-73(78)67-63-59-55-51-45-14-12-10-8-6-4-2/h10,12,21,23,27,29,70-71,75-76H,3-9,11,13-20,22,24-26,28,30-69H2,1-2H3,(H,74,77)/b12-10-,23-21-,29-27-. The van der Waals surface area contributed by atoms with Crippen LogP contribution in [0.5, 0.6) is 0 Å². The van der Waals surface area contributed by atoms with E-state index in [1.807, 2.05) is 0 Å². The molecule has 0 aromatic carbocycles. The van der Waals surface area contributed by atoms with Crippen molar-refractivity contribution in [3.63, 3.8) is 0 Å². The lowest BCUT2D eigenvalue weighted by atomic mass is 10.0. The summed E-state index contributed by atoms with van der Waals surface area (Å²) in [6.45, 7) is 4.94. The van der Waals surface area contributed by atoms with Crippen LogP contribution in [0.25, 0.3) is 0 Å². The van der Waals surface area contributed by atoms with Crippen molar-refractivity contribution < 1.29 is 24.5 Å². The first kappa shape index (κ1) is 77.1. The number of nitrogens with one attached hydrogen (secondary N) is 1. The number of rotatable bonds is 67. The van der Waals surface area contributed by atoms with Crippen LogP contribution in [-0.4, -0.2) is 47.4 Å². The minimum atomic E-state index is -0.666. The molecule has 79 heavy (non-hydrogen) atoms. The van der Waals surface area contributed by atoms with Gasteiger partial charge in [0.2, 0.25) is 5.91 Å². The number of hydrogen-bond acceptors (Lipinski definition) is 5. The minimum absolute atomic E-state index is 0.00126. The Bertz CT molecular complexity index is 1280. The second-order valence-corrected chi connectivity index (χ2v) is 24.6. The summed E-state index contributed by atoms with van der Waals surface area (Å²) in [5, 5.41) is 23.4. The van der Waals surface area contributed by atoms with Crippen LogP contribution in [-0.2, 0) is 14.3 Å². The molecule has 0 radical (unpaired) electrons. The highest BCUT2D eigenvalue weighted by Gasteiger charge is 2.20. The van der Waals surface area contributed by atoms with Crippen molar-refractivity contribution in [2.45, 2.75) is 405 Å². The molecule has 0 aliphatic carbocycles. The molecule has 0 aliphatic rings. The van der Waals surface area contributed by atoms with Gasteiger partial charge in [0.1, 0.15) is 0 Å². The molecule has 0 saturated heterocycles. The molecular formula is C73H139NO5. The second-order valence-electron chi connectivity index (χ2n) is 24.6. The van der Waals surface area contributed by atoms with E-state index in [4.69, 9.17) is 4.74 Å². The third kappa shape index (κ3) is 65.1. The Hall–Kier alpha value is -1.92. The lowest BCUT2D eigenvalue weighted by Gasteiger charge is -2.22. The smallest absolute Gasteiger partial charge is 0.305 e. The summed E-state index contributed by atoms with van der Waals surface area (Å²) in [6, 6.07) is -0.544. The molecule has 0 rings (SSSR count). The van der Waals surface area contributed by atoms with Gasteiger partial charge >= 0.3 is 5.97 Å². The first-order chi connectivity index (χ1) is 39.0. The summed E-state index contributed by atoms with van der Waals surface area (Å²) in [6.07, 6.45) is 87.7. The number of hydrogen-bond donors (Lipinski definition) is 3. The van der Waals surface area contributed by atoms with Crippen LogP contribution in [0.3, 0.4) is 0 Å². The van der Waals surface area contributed by atoms with Gasteiger partial charge in [-0.2, -0.15) is 0 Å². The van der Waals surface area contributed by atoms with E-state index >= 15 is 0 Å². The van der Waals surface area contributed by atoms with Gasteiger partial charge in [0.25, 0.3) is 0 Å². The quantitative estimate of drug-likeness (QED) is 0.0320. The number of carbonyl (C=O) groups excluding carboxylic acids is 2. The average Bonchev–Trinajstić information content (AvgIpc) is 3.45. The molecule has 0 saturated carbocycles. The van der Waals surface area contributed by atoms with Crippen molar-refractivity contribution in [3.05, 3.63) is 36.5 Å². The van der Waals surface area contributed by atoms with Gasteiger partial charge in [-0.15, -0.1) is 0 Å². The summed E-state index contributed by atoms with van der Waals surface area (Å²) >= 11 is 0. The summed E-state index contributed by atoms with van der Waals surface area (Å²) in [4.78, 5) is 24.5. The molecule has 0 aromatic rings. The third-order valence-electron chi connectivity index (χ3n) is 16.7. The van der Waals surface area contributed by atoms with Crippen LogP contribution in [0.1, 0.15) is 393 Å². The van der Waals surface area contributed by atoms with Crippen molar-refractivity contribution in [3.8, 4) is 0 Å². The summed E-state index contributed by atoms with van der Waals surface area (Å²) in [5.74, 6) is -0.0305. The van der Waals surface area contributed by atoms with Crippen molar-refractivity contribution in [1.82, 2.24) is 5.32 Å². The monoisotopic (exact) mass is 1110 g/mol. The van der Waals surface area contributed by atoms with Gasteiger partial charge in [-0.3, -0.25) is 9.59 Å². The number of ether oxygens (including phenoxy) is 1. The first-order valence-electron chi connectivity index (χ1n) is 35.7. The van der Waals surface area contributed by atoms with E-state index < -0.39 is 12.1 Å². The van der Waals surface area contributed by atoms with Gasteiger partial charge in [-0.05, 0) is 77.0 Å². The van der Waals surface area contributed by atoms with E-state index in [2.05, 4.69) is 55.6 Å². The van der Waals surface area contributed by atoms with Gasteiger partial charge < -0.3 is 20.3 Å². The third-order valence-corrected chi connectivity index (χ3v) is 16.7. The van der Waals surface area contributed by atoms with Gasteiger partial charge in [-0.25, -0.2) is 0 Å². The molecule has 466 valence electrons. The Morgan fingerprint density at radius 3 is 1.01 bits per heavy atom. The fourth-order valence-electron chi connectivity index (χ4n) is 11.2. The van der Waals surface area contributed by atoms with Crippen molar-refractivity contribution in [2.75, 3.05) is 13.2 Å². The van der Waals surface area contributed by atoms with Crippen LogP contribution in [0.15, 0.2) is 36.5 Å². The van der Waals surface area contributed by atoms with E-state index in [9.17, 15) is 19.8 Å². The van der Waals surface area contributed by atoms with Crippen LogP contribution < -0.4 is 5.32 Å². The van der Waals surface area contributed by atoms with Crippen molar-refractivity contribution in [1.29, 1.82) is 0 Å². The SMILES string of the molecule is CCCC/C=C\CCCCCCCC(=O)OCCCCCCCCCCC/C=C\C/C=C\CCCCCCCCCCCCCCCC(=O)NC(CO)C(O)CCCCCCCCCCCCCCCCCCCCCCCC. The lowest BCUT2D eigenvalue weighted by molar-refractivity contribution is -0.143. The van der Waals surface area contributed by atoms with Crippen LogP contribution in [0.2, 0.25) is 0 Å². The van der Waals surface area contributed by atoms with Crippen LogP contribution in [0, 0.1) is 0 Å². The average molecular weight is 1110 g/mol. The predicted molar refractivity (Wildman–Crippen MR) is 347 cm³/mol. The summed E-state index contributed by atoms with van der Waals surface area (Å²) < 4.78 is 5.46. The van der Waals surface area contributed by atoms with Crippen molar-refractivity contribution >= 4 is 11.9 Å². The Morgan fingerprint density at radius 1 is 0.354 bits per heavy atom. The molecule has 0 spiro atoms. The number of unbranched alkanes of at least 4 members (excludes halogenated alkanes) is 50. The normalized spacial score (nSPS) is 12.7. The molecule has 0 heterocycles. The predicted octanol–water partition coefficient (Wildman–Crippen LogP) is 23.1. The molecule has 2 atom stereocenters. The Morgan fingerprint density at radius 2 is 0.646 bits per heavy atom. The van der Waals surface area contributed by atoms with Gasteiger partial charge in [0, 0.05) is 12.8 Å². The molecule has 6 heteroatoms. The van der Waals surface area contributed by atoms with E-state index in [1.54, 1.807) is 0 Å². The number of esters is 1. The van der Waals surface area contributed by atoms with Crippen molar-refractivity contribution in [2.24, 2.45) is 0 Å². The number of aliphatic hydroxyl groups is 2. The molecular weight excluding hydrogens is 971 g/mol. The van der Waals surface area contributed by atoms with Crippen LogP contribution >= 0.6 is 0 Å². The van der Waals surface area contributed by atoms with E-state index in [0.29, 0.717) is 25.9 Å². The highest BCUT2D eigenvalue weighted by atomic mass is 16.5. The molecule has 0 fully saturated rings. The zero-order valence-corrected chi connectivity index (χ0v) is 53.4. The molecule has 0 bridgehead atoms. The van der Waals surface area contributed by atoms with Gasteiger partial charge in [0.05, 0.1) is 25.4 Å². The maximum atomic E-state index is 12.6. The molecule has 3 N–H and O–H groups in total. The Balaban J connectivity index is 3.41. The summed E-state index contributed by atoms with van der Waals surface area (Å²) in [5.41, 5.74) is 0. The summed E-state index contributed by atoms with van der Waals surface area (Å²) in [7, 11) is 0. The molecule has 0 aliphatic heterocycles. The maximum absolute atomic E-state index is 12.6. The van der Waals surface area contributed by atoms with E-state index in [0.717, 1.165) is 51.4 Å². The van der Waals surface area contributed by atoms with Gasteiger partial charge in [-0.1, -0.05) is 339 Å². The first-order valence-corrected chi connectivity index (χ1v) is 35.7. The Labute approximate surface area is 494 Å². The zero-order valence-electron chi connectivity index (χ0n) is 53.4. The van der Waals surface area contributed by atoms with E-state index in [1.165, 1.54) is 308 Å². The fraction of sp³-hybridized carbons (Fsp3) is 0.890. The zero-order chi connectivity index (χ0) is 57.1. The highest BCUT2D eigenvalue weighted by Crippen LogP contribution is 2.19. The fourth-order valence-corrected chi connectivity index (χ4v) is 11.2. The number of aliphatic hydroxyl groups excluding tert-OH is 2. The number of carbonyl (C=O) groups is 2. The van der Waals surface area contributed by atoms with E-state index in [-0.39, 0.29) is 18.5 Å². The van der Waals surface area contributed by atoms with Crippen LogP contribution in [0.4, 0.5) is 0 Å². The Kier molecular flexibility index (Phi) is 66.9. The topological polar surface area (TPSA) is 95.9 Å². The minimum Gasteiger partial charge on any atom is -0.466 e. The van der Waals surface area contributed by atoms with Gasteiger partial charge in [0.15, 0.2) is 0 Å². The molecule has 6 nitrogen and oxygen atoms in total.